The molecule has 0 radical (unpaired) electrons. The normalized spacial score (nSPS) is 56.1. The minimum Gasteiger partial charge on any atom is -0.393 e. The van der Waals surface area contributed by atoms with Crippen LogP contribution in [0.1, 0.15) is 64.7 Å². The van der Waals surface area contributed by atoms with Gasteiger partial charge in [-0.1, -0.05) is 19.4 Å². The van der Waals surface area contributed by atoms with Crippen molar-refractivity contribution in [3.05, 3.63) is 11.6 Å². The summed E-state index contributed by atoms with van der Waals surface area (Å²) in [4.78, 5) is 0. The number of aliphatic hydroxyl groups is 3. The van der Waals surface area contributed by atoms with E-state index in [1.54, 1.807) is 0 Å². The summed E-state index contributed by atoms with van der Waals surface area (Å²) in [5.74, 6) is -0.137. The Labute approximate surface area is 137 Å². The average molecular weight is 324 g/mol. The van der Waals surface area contributed by atoms with Gasteiger partial charge in [-0.25, -0.2) is 4.39 Å². The SMILES string of the molecule is CC12CC=C3C(O)C4(F)CC(O)CCC4CC[C@]3(O)C1CCC2. The maximum atomic E-state index is 15.7. The molecule has 0 saturated heterocycles. The molecule has 3 nitrogen and oxygen atoms in total. The zero-order valence-corrected chi connectivity index (χ0v) is 14.0. The second kappa shape index (κ2) is 5.03. The van der Waals surface area contributed by atoms with Crippen LogP contribution >= 0.6 is 0 Å². The highest BCUT2D eigenvalue weighted by molar-refractivity contribution is 5.34. The van der Waals surface area contributed by atoms with E-state index in [9.17, 15) is 15.3 Å². The molecular weight excluding hydrogens is 295 g/mol. The topological polar surface area (TPSA) is 60.7 Å². The van der Waals surface area contributed by atoms with Crippen molar-refractivity contribution in [1.82, 2.24) is 0 Å². The van der Waals surface area contributed by atoms with Crippen LogP contribution in [-0.2, 0) is 0 Å². The van der Waals surface area contributed by atoms with Crippen LogP contribution in [0.25, 0.3) is 0 Å². The molecule has 0 spiro atoms. The van der Waals surface area contributed by atoms with Crippen molar-refractivity contribution in [2.75, 3.05) is 0 Å². The maximum absolute atomic E-state index is 15.7. The third kappa shape index (κ3) is 2.11. The van der Waals surface area contributed by atoms with Gasteiger partial charge in [0, 0.05) is 6.42 Å². The van der Waals surface area contributed by atoms with Gasteiger partial charge in [-0.3, -0.25) is 0 Å². The molecule has 0 aromatic heterocycles. The zero-order chi connectivity index (χ0) is 16.5. The molecule has 0 aromatic rings. The fourth-order valence-electron chi connectivity index (χ4n) is 6.32. The first-order valence-electron chi connectivity index (χ1n) is 9.27. The Bertz CT molecular complexity index is 535. The van der Waals surface area contributed by atoms with Crippen LogP contribution in [0.3, 0.4) is 0 Å². The van der Waals surface area contributed by atoms with E-state index in [0.29, 0.717) is 31.3 Å². The van der Waals surface area contributed by atoms with Gasteiger partial charge in [0.2, 0.25) is 0 Å². The summed E-state index contributed by atoms with van der Waals surface area (Å²) in [7, 11) is 0. The summed E-state index contributed by atoms with van der Waals surface area (Å²) in [6.45, 7) is 2.23. The van der Waals surface area contributed by atoms with Crippen molar-refractivity contribution in [1.29, 1.82) is 0 Å². The first-order valence-corrected chi connectivity index (χ1v) is 9.27. The minimum atomic E-state index is -1.79. The summed E-state index contributed by atoms with van der Waals surface area (Å²) in [5, 5.41) is 32.4. The highest BCUT2D eigenvalue weighted by Gasteiger charge is 2.62. The number of hydrogen-bond donors (Lipinski definition) is 3. The number of hydrogen-bond acceptors (Lipinski definition) is 3. The molecule has 4 heteroatoms. The first kappa shape index (κ1) is 16.0. The van der Waals surface area contributed by atoms with Crippen molar-refractivity contribution in [2.24, 2.45) is 17.3 Å². The van der Waals surface area contributed by atoms with E-state index in [1.807, 2.05) is 6.08 Å². The lowest BCUT2D eigenvalue weighted by molar-refractivity contribution is -0.0977. The predicted octanol–water partition coefficient (Wildman–Crippen LogP) is 2.88. The quantitative estimate of drug-likeness (QED) is 0.601. The Hall–Kier alpha value is -0.450. The molecule has 3 saturated carbocycles. The molecule has 4 aliphatic carbocycles. The monoisotopic (exact) mass is 324 g/mol. The van der Waals surface area contributed by atoms with Crippen LogP contribution in [0.5, 0.6) is 0 Å². The molecule has 0 bridgehead atoms. The van der Waals surface area contributed by atoms with Crippen molar-refractivity contribution in [3.63, 3.8) is 0 Å². The maximum Gasteiger partial charge on any atom is 0.145 e. The molecule has 6 unspecified atom stereocenters. The lowest BCUT2D eigenvalue weighted by atomic mass is 9.60. The summed E-state index contributed by atoms with van der Waals surface area (Å²) < 4.78 is 15.7. The Kier molecular flexibility index (Phi) is 3.51. The largest absolute Gasteiger partial charge is 0.393 e. The standard InChI is InChI=1S/C19H29FO3/c1-17-8-2-3-15(17)19(23)10-6-12-4-5-13(21)11-18(12,20)16(22)14(19)7-9-17/h7,12-13,15-16,21-23H,2-6,8-11H2,1H3/t12?,13?,15?,16?,17?,18?,19-/m1/s1. The Morgan fingerprint density at radius 1 is 1.13 bits per heavy atom. The predicted molar refractivity (Wildman–Crippen MR) is 85.5 cm³/mol. The molecular formula is C19H29FO3. The van der Waals surface area contributed by atoms with Crippen LogP contribution in [0.4, 0.5) is 4.39 Å². The number of aliphatic hydroxyl groups excluding tert-OH is 2. The van der Waals surface area contributed by atoms with Gasteiger partial charge < -0.3 is 15.3 Å². The van der Waals surface area contributed by atoms with Gasteiger partial charge in [-0.15, -0.1) is 0 Å². The molecule has 3 fully saturated rings. The first-order chi connectivity index (χ1) is 10.8. The third-order valence-corrected chi connectivity index (χ3v) is 7.65. The Morgan fingerprint density at radius 3 is 2.70 bits per heavy atom. The molecule has 4 aliphatic rings. The molecule has 0 amide bonds. The Balaban J connectivity index is 1.76. The second-order valence-corrected chi connectivity index (χ2v) is 8.89. The molecule has 3 N–H and O–H groups in total. The van der Waals surface area contributed by atoms with Gasteiger partial charge in [0.1, 0.15) is 11.8 Å². The molecule has 23 heavy (non-hydrogen) atoms. The van der Waals surface area contributed by atoms with Crippen LogP contribution in [0, 0.1) is 17.3 Å². The van der Waals surface area contributed by atoms with Crippen molar-refractivity contribution < 1.29 is 19.7 Å². The number of halogens is 1. The summed E-state index contributed by atoms with van der Waals surface area (Å²) in [6.07, 6.45) is 6.28. The van der Waals surface area contributed by atoms with Crippen LogP contribution in [0.15, 0.2) is 11.6 Å². The molecule has 0 aromatic carbocycles. The average Bonchev–Trinajstić information content (AvgIpc) is 2.86. The lowest BCUT2D eigenvalue weighted by Crippen LogP contribution is -2.55. The van der Waals surface area contributed by atoms with Crippen molar-refractivity contribution in [3.8, 4) is 0 Å². The number of alkyl halides is 1. The van der Waals surface area contributed by atoms with Crippen molar-refractivity contribution in [2.45, 2.75) is 88.2 Å². The highest BCUT2D eigenvalue weighted by Crippen LogP contribution is 2.61. The van der Waals surface area contributed by atoms with Crippen LogP contribution < -0.4 is 0 Å². The number of fused-ring (bicyclic) bond motifs is 4. The van der Waals surface area contributed by atoms with E-state index >= 15 is 4.39 Å². The molecule has 130 valence electrons. The molecule has 0 aliphatic heterocycles. The smallest absolute Gasteiger partial charge is 0.145 e. The summed E-state index contributed by atoms with van der Waals surface area (Å²) in [6, 6.07) is 0. The fourth-order valence-corrected chi connectivity index (χ4v) is 6.32. The van der Waals surface area contributed by atoms with Crippen LogP contribution in [0.2, 0.25) is 0 Å². The molecule has 4 rings (SSSR count). The van der Waals surface area contributed by atoms with E-state index in [1.165, 1.54) is 0 Å². The van der Waals surface area contributed by atoms with Crippen LogP contribution in [-0.4, -0.2) is 38.8 Å². The van der Waals surface area contributed by atoms with Gasteiger partial charge >= 0.3 is 0 Å². The van der Waals surface area contributed by atoms with E-state index in [2.05, 4.69) is 6.92 Å². The van der Waals surface area contributed by atoms with Gasteiger partial charge in [0.25, 0.3) is 0 Å². The van der Waals surface area contributed by atoms with Gasteiger partial charge in [-0.05, 0) is 67.8 Å². The van der Waals surface area contributed by atoms with E-state index in [4.69, 9.17) is 0 Å². The number of allylic oxidation sites excluding steroid dienone is 1. The van der Waals surface area contributed by atoms with Gasteiger partial charge in [0.05, 0.1) is 11.7 Å². The fraction of sp³-hybridized carbons (Fsp3) is 0.895. The van der Waals surface area contributed by atoms with E-state index in [-0.39, 0.29) is 23.7 Å². The Morgan fingerprint density at radius 2 is 1.91 bits per heavy atom. The lowest BCUT2D eigenvalue weighted by Gasteiger charge is -2.49. The third-order valence-electron chi connectivity index (χ3n) is 7.65. The number of rotatable bonds is 0. The van der Waals surface area contributed by atoms with E-state index in [0.717, 1.165) is 25.7 Å². The minimum absolute atomic E-state index is 0.00577. The highest BCUT2D eigenvalue weighted by atomic mass is 19.1. The molecule has 7 atom stereocenters. The summed E-state index contributed by atoms with van der Waals surface area (Å²) in [5.41, 5.74) is -2.26. The van der Waals surface area contributed by atoms with Crippen molar-refractivity contribution >= 4 is 0 Å². The van der Waals surface area contributed by atoms with E-state index < -0.39 is 23.5 Å². The van der Waals surface area contributed by atoms with Gasteiger partial charge in [0.15, 0.2) is 0 Å². The molecule has 0 heterocycles. The second-order valence-electron chi connectivity index (χ2n) is 8.89. The zero-order valence-electron chi connectivity index (χ0n) is 14.0. The van der Waals surface area contributed by atoms with Gasteiger partial charge in [-0.2, -0.15) is 0 Å². The summed E-state index contributed by atoms with van der Waals surface area (Å²) >= 11 is 0.